The average molecular weight is 147 g/mol. The molecule has 0 amide bonds. The lowest BCUT2D eigenvalue weighted by atomic mass is 10.3. The van der Waals surface area contributed by atoms with Crippen molar-refractivity contribution < 1.29 is 4.74 Å². The van der Waals surface area contributed by atoms with Gasteiger partial charge in [0, 0.05) is 12.4 Å². The number of hydrogen-bond donors (Lipinski definition) is 0. The quantitative estimate of drug-likeness (QED) is 0.542. The Bertz CT molecular complexity index is 54.9. The van der Waals surface area contributed by atoms with Gasteiger partial charge in [-0.3, -0.25) is 0 Å². The minimum atomic E-state index is 0.370. The Kier molecular flexibility index (Phi) is 6.65. The third-order valence-electron chi connectivity index (χ3n) is 0.990. The molecule has 0 aliphatic rings. The van der Waals surface area contributed by atoms with Gasteiger partial charge in [-0.15, -0.1) is 0 Å². The number of hydrogen-bond acceptors (Lipinski definition) is 1. The maximum absolute atomic E-state index is 5.30. The summed E-state index contributed by atoms with van der Waals surface area (Å²) in [5, 5.41) is 0. The number of unbranched alkanes of at least 4 members (excludes halogenated alkanes) is 1. The van der Waals surface area contributed by atoms with Crippen LogP contribution in [0.1, 0.15) is 26.7 Å². The summed E-state index contributed by atoms with van der Waals surface area (Å²) in [6.07, 6.45) is 2.60. The van der Waals surface area contributed by atoms with Crippen LogP contribution in [0, 0.1) is 0 Å². The molecule has 0 aromatic heterocycles. The van der Waals surface area contributed by atoms with Crippen LogP contribution in [0.4, 0.5) is 0 Å². The molecular weight excluding hydrogens is 132 g/mol. The summed E-state index contributed by atoms with van der Waals surface area (Å²) in [5.74, 6) is 0.863. The second kappa shape index (κ2) is 6.43. The standard InChI is InChI=1S/C7H15OS/c1-7(2)8-5-3-4-6-9/h7H,3-6H2,1-2H3. The van der Waals surface area contributed by atoms with E-state index in [0.29, 0.717) is 6.10 Å². The van der Waals surface area contributed by atoms with Gasteiger partial charge in [0.2, 0.25) is 0 Å². The SMILES string of the molecule is CC(C)OCCCC[S]. The minimum Gasteiger partial charge on any atom is -0.379 e. The normalized spacial score (nSPS) is 10.7. The predicted octanol–water partition coefficient (Wildman–Crippen LogP) is 2.39. The molecule has 0 unspecified atom stereocenters. The smallest absolute Gasteiger partial charge is 0.0518 e. The first-order valence-electron chi connectivity index (χ1n) is 3.47. The molecule has 55 valence electrons. The molecule has 0 aromatic rings. The van der Waals surface area contributed by atoms with Gasteiger partial charge < -0.3 is 4.74 Å². The van der Waals surface area contributed by atoms with E-state index in [1.807, 2.05) is 13.8 Å². The van der Waals surface area contributed by atoms with Crippen molar-refractivity contribution in [1.82, 2.24) is 0 Å². The van der Waals surface area contributed by atoms with Crippen molar-refractivity contribution in [3.8, 4) is 0 Å². The molecule has 0 saturated heterocycles. The van der Waals surface area contributed by atoms with Crippen molar-refractivity contribution in [2.75, 3.05) is 12.4 Å². The van der Waals surface area contributed by atoms with Crippen LogP contribution in [0.5, 0.6) is 0 Å². The Morgan fingerprint density at radius 1 is 1.33 bits per heavy atom. The largest absolute Gasteiger partial charge is 0.379 e. The molecule has 0 saturated carbocycles. The van der Waals surface area contributed by atoms with E-state index in [1.54, 1.807) is 0 Å². The molecule has 0 rings (SSSR count). The van der Waals surface area contributed by atoms with E-state index in [9.17, 15) is 0 Å². The molecule has 0 heterocycles. The minimum absolute atomic E-state index is 0.370. The van der Waals surface area contributed by atoms with E-state index >= 15 is 0 Å². The molecule has 9 heavy (non-hydrogen) atoms. The molecule has 0 aliphatic carbocycles. The fraction of sp³-hybridized carbons (Fsp3) is 1.00. The fourth-order valence-corrected chi connectivity index (χ4v) is 0.727. The Morgan fingerprint density at radius 2 is 2.00 bits per heavy atom. The van der Waals surface area contributed by atoms with E-state index < -0.39 is 0 Å². The van der Waals surface area contributed by atoms with Gasteiger partial charge in [-0.2, -0.15) is 0 Å². The first-order valence-corrected chi connectivity index (χ1v) is 4.05. The molecule has 0 atom stereocenters. The molecule has 1 nitrogen and oxygen atoms in total. The van der Waals surface area contributed by atoms with Crippen LogP contribution >= 0.6 is 12.6 Å². The van der Waals surface area contributed by atoms with Crippen LogP contribution in [0.25, 0.3) is 0 Å². The Hall–Kier alpha value is 0.310. The van der Waals surface area contributed by atoms with Crippen LogP contribution in [0.15, 0.2) is 0 Å². The van der Waals surface area contributed by atoms with Crippen LogP contribution in [-0.4, -0.2) is 18.5 Å². The molecule has 0 aromatic carbocycles. The molecule has 0 N–H and O–H groups in total. The average Bonchev–Trinajstić information content (AvgIpc) is 1.80. The second-order valence-electron chi connectivity index (χ2n) is 2.33. The first kappa shape index (κ1) is 9.31. The lowest BCUT2D eigenvalue weighted by Gasteiger charge is -2.05. The molecule has 2 heteroatoms. The summed E-state index contributed by atoms with van der Waals surface area (Å²) < 4.78 is 5.30. The summed E-state index contributed by atoms with van der Waals surface area (Å²) in [4.78, 5) is 0. The van der Waals surface area contributed by atoms with Crippen LogP contribution in [0.3, 0.4) is 0 Å². The zero-order chi connectivity index (χ0) is 7.11. The van der Waals surface area contributed by atoms with Crippen molar-refractivity contribution in [3.05, 3.63) is 0 Å². The molecule has 0 aliphatic heterocycles. The van der Waals surface area contributed by atoms with E-state index in [-0.39, 0.29) is 0 Å². The van der Waals surface area contributed by atoms with Gasteiger partial charge in [-0.25, -0.2) is 0 Å². The topological polar surface area (TPSA) is 9.23 Å². The van der Waals surface area contributed by atoms with E-state index in [4.69, 9.17) is 17.4 Å². The first-order chi connectivity index (χ1) is 4.27. The maximum atomic E-state index is 5.30. The van der Waals surface area contributed by atoms with Gasteiger partial charge in [-0.05, 0) is 26.7 Å². The van der Waals surface area contributed by atoms with Crippen molar-refractivity contribution in [1.29, 1.82) is 0 Å². The third-order valence-corrected chi connectivity index (χ3v) is 1.28. The summed E-state index contributed by atoms with van der Waals surface area (Å²) in [6, 6.07) is 0. The zero-order valence-electron chi connectivity index (χ0n) is 6.22. The van der Waals surface area contributed by atoms with Gasteiger partial charge in [0.05, 0.1) is 6.10 Å². The van der Waals surface area contributed by atoms with Gasteiger partial charge in [0.15, 0.2) is 0 Å². The monoisotopic (exact) mass is 147 g/mol. The second-order valence-corrected chi connectivity index (χ2v) is 2.74. The lowest BCUT2D eigenvalue weighted by Crippen LogP contribution is -2.03. The zero-order valence-corrected chi connectivity index (χ0v) is 7.04. The Labute approximate surface area is 63.2 Å². The van der Waals surface area contributed by atoms with Crippen molar-refractivity contribution in [3.63, 3.8) is 0 Å². The number of rotatable bonds is 5. The highest BCUT2D eigenvalue weighted by Gasteiger charge is 1.90. The highest BCUT2D eigenvalue weighted by Crippen LogP contribution is 1.94. The summed E-state index contributed by atoms with van der Waals surface area (Å²) in [7, 11) is 0. The molecular formula is C7H15OS. The molecule has 1 radical (unpaired) electrons. The van der Waals surface area contributed by atoms with Gasteiger partial charge in [0.1, 0.15) is 0 Å². The fourth-order valence-electron chi connectivity index (χ4n) is 0.523. The van der Waals surface area contributed by atoms with Crippen molar-refractivity contribution in [2.45, 2.75) is 32.8 Å². The molecule has 0 spiro atoms. The van der Waals surface area contributed by atoms with E-state index in [2.05, 4.69) is 0 Å². The Balaban J connectivity index is 2.75. The lowest BCUT2D eigenvalue weighted by molar-refractivity contribution is 0.0768. The van der Waals surface area contributed by atoms with Crippen LogP contribution < -0.4 is 0 Å². The highest BCUT2D eigenvalue weighted by atomic mass is 32.1. The van der Waals surface area contributed by atoms with Crippen LogP contribution in [0.2, 0.25) is 0 Å². The third kappa shape index (κ3) is 8.31. The Morgan fingerprint density at radius 3 is 2.44 bits per heavy atom. The van der Waals surface area contributed by atoms with Gasteiger partial charge in [0.25, 0.3) is 0 Å². The predicted molar refractivity (Wildman–Crippen MR) is 42.8 cm³/mol. The van der Waals surface area contributed by atoms with Crippen molar-refractivity contribution in [2.24, 2.45) is 0 Å². The number of ether oxygens (including phenoxy) is 1. The summed E-state index contributed by atoms with van der Waals surface area (Å²) in [5.41, 5.74) is 0. The van der Waals surface area contributed by atoms with Gasteiger partial charge in [-0.1, -0.05) is 12.6 Å². The van der Waals surface area contributed by atoms with E-state index in [0.717, 1.165) is 25.2 Å². The maximum Gasteiger partial charge on any atom is 0.0518 e. The molecule has 0 fully saturated rings. The van der Waals surface area contributed by atoms with Gasteiger partial charge >= 0.3 is 0 Å². The van der Waals surface area contributed by atoms with Crippen LogP contribution in [-0.2, 0) is 4.74 Å². The highest BCUT2D eigenvalue weighted by molar-refractivity contribution is 7.80. The van der Waals surface area contributed by atoms with Crippen molar-refractivity contribution >= 4 is 12.6 Å². The van der Waals surface area contributed by atoms with E-state index in [1.165, 1.54) is 0 Å². The molecule has 0 bridgehead atoms. The summed E-state index contributed by atoms with van der Waals surface area (Å²) >= 11 is 4.78. The summed E-state index contributed by atoms with van der Waals surface area (Å²) in [6.45, 7) is 4.97.